The van der Waals surface area contributed by atoms with E-state index in [-0.39, 0.29) is 5.56 Å². The molecule has 0 aliphatic rings. The maximum Gasteiger partial charge on any atom is 0.337 e. The van der Waals surface area contributed by atoms with Crippen LogP contribution in [0.15, 0.2) is 41.7 Å². The smallest absolute Gasteiger partial charge is 0.337 e. The monoisotopic (exact) mass is 261 g/mol. The van der Waals surface area contributed by atoms with Crippen LogP contribution in [0, 0.1) is 0 Å². The van der Waals surface area contributed by atoms with Crippen LogP contribution in [0.25, 0.3) is 0 Å². The van der Waals surface area contributed by atoms with Crippen molar-refractivity contribution in [3.63, 3.8) is 0 Å². The third kappa shape index (κ3) is 2.78. The van der Waals surface area contributed by atoms with Crippen molar-refractivity contribution in [3.8, 4) is 0 Å². The first-order chi connectivity index (χ1) is 8.70. The van der Waals surface area contributed by atoms with Gasteiger partial charge in [0.15, 0.2) is 5.16 Å². The minimum atomic E-state index is -0.975. The molecule has 0 unspecified atom stereocenters. The minimum absolute atomic E-state index is 0.210. The fourth-order valence-corrected chi connectivity index (χ4v) is 1.78. The molecule has 0 saturated heterocycles. The van der Waals surface area contributed by atoms with Crippen molar-refractivity contribution in [1.82, 2.24) is 9.97 Å². The highest BCUT2D eigenvalue weighted by molar-refractivity contribution is 7.98. The quantitative estimate of drug-likeness (QED) is 0.651. The Kier molecular flexibility index (Phi) is 3.78. The van der Waals surface area contributed by atoms with Crippen LogP contribution in [0.2, 0.25) is 0 Å². The molecule has 92 valence electrons. The van der Waals surface area contributed by atoms with Crippen LogP contribution in [-0.4, -0.2) is 27.3 Å². The fourth-order valence-electron chi connectivity index (χ4n) is 1.43. The molecular formula is C12H11N3O2S. The summed E-state index contributed by atoms with van der Waals surface area (Å²) >= 11 is 1.43. The Bertz CT molecular complexity index is 575. The topological polar surface area (TPSA) is 75.1 Å². The van der Waals surface area contributed by atoms with Gasteiger partial charge < -0.3 is 10.4 Å². The number of nitrogens with zero attached hydrogens (tertiary/aromatic N) is 2. The summed E-state index contributed by atoms with van der Waals surface area (Å²) in [5, 5.41) is 12.7. The van der Waals surface area contributed by atoms with Crippen LogP contribution in [-0.2, 0) is 0 Å². The highest BCUT2D eigenvalue weighted by atomic mass is 32.2. The number of para-hydroxylation sites is 1. The predicted octanol–water partition coefficient (Wildman–Crippen LogP) is 2.64. The SMILES string of the molecule is CSc1nccc(Nc2ccccc2C(=O)O)n1. The van der Waals surface area contributed by atoms with Crippen LogP contribution < -0.4 is 5.32 Å². The standard InChI is InChI=1S/C12H11N3O2S/c1-18-12-13-7-6-10(15-12)14-9-5-3-2-4-8(9)11(16)17/h2-7H,1H3,(H,16,17)(H,13,14,15). The maximum atomic E-state index is 11.1. The molecule has 0 spiro atoms. The summed E-state index contributed by atoms with van der Waals surface area (Å²) in [6.45, 7) is 0. The number of aromatic nitrogens is 2. The van der Waals surface area contributed by atoms with Crippen molar-refractivity contribution in [2.45, 2.75) is 5.16 Å². The highest BCUT2D eigenvalue weighted by Crippen LogP contribution is 2.20. The summed E-state index contributed by atoms with van der Waals surface area (Å²) in [6.07, 6.45) is 3.51. The first kappa shape index (κ1) is 12.4. The van der Waals surface area contributed by atoms with Crippen LogP contribution in [0.5, 0.6) is 0 Å². The summed E-state index contributed by atoms with van der Waals surface area (Å²) in [5.41, 5.74) is 0.720. The van der Waals surface area contributed by atoms with Gasteiger partial charge in [-0.05, 0) is 24.5 Å². The Morgan fingerprint density at radius 3 is 2.83 bits per heavy atom. The normalized spacial score (nSPS) is 10.1. The molecule has 0 saturated carbocycles. The average molecular weight is 261 g/mol. The highest BCUT2D eigenvalue weighted by Gasteiger charge is 2.09. The van der Waals surface area contributed by atoms with Gasteiger partial charge >= 0.3 is 5.97 Å². The number of carboxylic acid groups (broad SMARTS) is 1. The molecule has 0 aliphatic carbocycles. The van der Waals surface area contributed by atoms with Gasteiger partial charge in [0, 0.05) is 6.20 Å². The number of carbonyl (C=O) groups is 1. The van der Waals surface area contributed by atoms with Gasteiger partial charge in [-0.1, -0.05) is 23.9 Å². The van der Waals surface area contributed by atoms with Gasteiger partial charge in [0.1, 0.15) is 5.82 Å². The van der Waals surface area contributed by atoms with E-state index >= 15 is 0 Å². The summed E-state index contributed by atoms with van der Waals surface area (Å²) in [4.78, 5) is 19.3. The zero-order valence-electron chi connectivity index (χ0n) is 9.62. The number of hydrogen-bond acceptors (Lipinski definition) is 5. The predicted molar refractivity (Wildman–Crippen MR) is 70.5 cm³/mol. The third-order valence-electron chi connectivity index (χ3n) is 2.24. The number of rotatable bonds is 4. The van der Waals surface area contributed by atoms with Crippen molar-refractivity contribution in [2.24, 2.45) is 0 Å². The Hall–Kier alpha value is -2.08. The van der Waals surface area contributed by atoms with Crippen LogP contribution >= 0.6 is 11.8 Å². The lowest BCUT2D eigenvalue weighted by molar-refractivity contribution is 0.0698. The zero-order chi connectivity index (χ0) is 13.0. The van der Waals surface area contributed by atoms with Gasteiger partial charge in [-0.25, -0.2) is 14.8 Å². The van der Waals surface area contributed by atoms with Crippen LogP contribution in [0.1, 0.15) is 10.4 Å². The Morgan fingerprint density at radius 2 is 2.11 bits per heavy atom. The lowest BCUT2D eigenvalue weighted by Gasteiger charge is -2.08. The van der Waals surface area contributed by atoms with Gasteiger partial charge in [-0.2, -0.15) is 0 Å². The molecule has 0 fully saturated rings. The van der Waals surface area contributed by atoms with E-state index in [1.54, 1.807) is 36.5 Å². The van der Waals surface area contributed by atoms with E-state index in [9.17, 15) is 4.79 Å². The van der Waals surface area contributed by atoms with Crippen LogP contribution in [0.4, 0.5) is 11.5 Å². The molecule has 2 aromatic rings. The van der Waals surface area contributed by atoms with E-state index < -0.39 is 5.97 Å². The molecule has 0 amide bonds. The minimum Gasteiger partial charge on any atom is -0.478 e. The lowest BCUT2D eigenvalue weighted by Crippen LogP contribution is -2.03. The number of nitrogens with one attached hydrogen (secondary N) is 1. The molecular weight excluding hydrogens is 250 g/mol. The van der Waals surface area contributed by atoms with Crippen molar-refractivity contribution in [1.29, 1.82) is 0 Å². The summed E-state index contributed by atoms with van der Waals surface area (Å²) in [5.74, 6) is -0.403. The number of hydrogen-bond donors (Lipinski definition) is 2. The van der Waals surface area contributed by atoms with Crippen molar-refractivity contribution >= 4 is 29.2 Å². The molecule has 0 bridgehead atoms. The van der Waals surface area contributed by atoms with E-state index in [0.717, 1.165) is 0 Å². The number of anilines is 2. The molecule has 6 heteroatoms. The van der Waals surface area contributed by atoms with Gasteiger partial charge in [-0.15, -0.1) is 0 Å². The second-order valence-electron chi connectivity index (χ2n) is 3.40. The van der Waals surface area contributed by atoms with E-state index in [2.05, 4.69) is 15.3 Å². The van der Waals surface area contributed by atoms with E-state index in [4.69, 9.17) is 5.11 Å². The second kappa shape index (κ2) is 5.50. The first-order valence-electron chi connectivity index (χ1n) is 5.17. The Morgan fingerprint density at radius 1 is 1.33 bits per heavy atom. The molecule has 1 heterocycles. The Balaban J connectivity index is 2.31. The molecule has 2 rings (SSSR count). The van der Waals surface area contributed by atoms with Crippen molar-refractivity contribution in [3.05, 3.63) is 42.1 Å². The lowest BCUT2D eigenvalue weighted by atomic mass is 10.2. The molecule has 0 atom stereocenters. The summed E-state index contributed by atoms with van der Waals surface area (Å²) in [7, 11) is 0. The largest absolute Gasteiger partial charge is 0.478 e. The second-order valence-corrected chi connectivity index (χ2v) is 4.18. The zero-order valence-corrected chi connectivity index (χ0v) is 10.4. The van der Waals surface area contributed by atoms with Gasteiger partial charge in [-0.3, -0.25) is 0 Å². The number of carboxylic acids is 1. The molecule has 18 heavy (non-hydrogen) atoms. The third-order valence-corrected chi connectivity index (χ3v) is 2.80. The molecule has 1 aromatic heterocycles. The van der Waals surface area contributed by atoms with Crippen molar-refractivity contribution in [2.75, 3.05) is 11.6 Å². The Labute approximate surface area is 108 Å². The number of thioether (sulfide) groups is 1. The number of benzene rings is 1. The molecule has 2 N–H and O–H groups in total. The maximum absolute atomic E-state index is 11.1. The molecule has 5 nitrogen and oxygen atoms in total. The van der Waals surface area contributed by atoms with Gasteiger partial charge in [0.2, 0.25) is 0 Å². The molecule has 0 radical (unpaired) electrons. The summed E-state index contributed by atoms with van der Waals surface area (Å²) in [6, 6.07) is 8.39. The van der Waals surface area contributed by atoms with E-state index in [1.165, 1.54) is 11.8 Å². The number of aromatic carboxylic acids is 1. The van der Waals surface area contributed by atoms with Gasteiger partial charge in [0.25, 0.3) is 0 Å². The van der Waals surface area contributed by atoms with E-state index in [0.29, 0.717) is 16.7 Å². The first-order valence-corrected chi connectivity index (χ1v) is 6.39. The van der Waals surface area contributed by atoms with Crippen LogP contribution in [0.3, 0.4) is 0 Å². The van der Waals surface area contributed by atoms with E-state index in [1.807, 2.05) is 6.26 Å². The van der Waals surface area contributed by atoms with Gasteiger partial charge in [0.05, 0.1) is 11.3 Å². The molecule has 1 aromatic carbocycles. The molecule has 0 aliphatic heterocycles. The fraction of sp³-hybridized carbons (Fsp3) is 0.0833. The van der Waals surface area contributed by atoms with Crippen molar-refractivity contribution < 1.29 is 9.90 Å². The summed E-state index contributed by atoms with van der Waals surface area (Å²) < 4.78 is 0. The average Bonchev–Trinajstić information content (AvgIpc) is 2.39.